The molecule has 2 aromatic carbocycles. The molecule has 0 N–H and O–H groups in total. The first-order valence-electron chi connectivity index (χ1n) is 11.9. The first-order chi connectivity index (χ1) is 16.3. The molecule has 1 aromatic heterocycles. The van der Waals surface area contributed by atoms with E-state index < -0.39 is 17.8 Å². The number of unbranched alkanes of at least 4 members (excludes halogenated alkanes) is 2. The topological polar surface area (TPSA) is 52.1 Å². The van der Waals surface area contributed by atoms with E-state index in [4.69, 9.17) is 4.74 Å². The third-order valence-electron chi connectivity index (χ3n) is 5.77. The summed E-state index contributed by atoms with van der Waals surface area (Å²) in [6.45, 7) is 4.87. The van der Waals surface area contributed by atoms with Crippen molar-refractivity contribution in [3.05, 3.63) is 66.5 Å². The molecule has 180 valence electrons. The van der Waals surface area contributed by atoms with E-state index in [2.05, 4.69) is 9.97 Å². The Labute approximate surface area is 200 Å². The van der Waals surface area contributed by atoms with Crippen LogP contribution in [0, 0.1) is 0 Å². The number of nitrogens with zero attached hydrogens (tertiary/aromatic N) is 2. The zero-order chi connectivity index (χ0) is 24.6. The van der Waals surface area contributed by atoms with Crippen molar-refractivity contribution >= 4 is 5.97 Å². The molecule has 0 aliphatic carbocycles. The number of aryl methyl sites for hydroxylation is 1. The van der Waals surface area contributed by atoms with Crippen LogP contribution in [-0.4, -0.2) is 27.8 Å². The molecule has 0 saturated heterocycles. The summed E-state index contributed by atoms with van der Waals surface area (Å²) >= 11 is 0. The largest absolute Gasteiger partial charge is 0.424 e. The summed E-state index contributed by atoms with van der Waals surface area (Å²) in [6.07, 6.45) is 6.51. The van der Waals surface area contributed by atoms with Crippen molar-refractivity contribution < 1.29 is 18.3 Å². The Bertz CT molecular complexity index is 1050. The van der Waals surface area contributed by atoms with Crippen LogP contribution in [0.1, 0.15) is 58.4 Å². The van der Waals surface area contributed by atoms with Gasteiger partial charge in [0, 0.05) is 23.5 Å². The molecular weight excluding hydrogens is 434 g/mol. The highest BCUT2D eigenvalue weighted by atomic mass is 19.1. The van der Waals surface area contributed by atoms with Crippen LogP contribution >= 0.6 is 0 Å². The Morgan fingerprint density at radius 2 is 1.59 bits per heavy atom. The molecule has 2 atom stereocenters. The Morgan fingerprint density at radius 3 is 2.18 bits per heavy atom. The highest BCUT2D eigenvalue weighted by Gasteiger charge is 2.34. The van der Waals surface area contributed by atoms with Gasteiger partial charge in [0.2, 0.25) is 5.67 Å². The smallest absolute Gasteiger partial charge is 0.348 e. The average molecular weight is 467 g/mol. The molecule has 0 aliphatic rings. The highest BCUT2D eigenvalue weighted by Crippen LogP contribution is 2.26. The van der Waals surface area contributed by atoms with E-state index in [-0.39, 0.29) is 6.42 Å². The molecule has 1 heterocycles. The van der Waals surface area contributed by atoms with Gasteiger partial charge in [-0.3, -0.25) is 0 Å². The second-order valence-corrected chi connectivity index (χ2v) is 8.88. The quantitative estimate of drug-likeness (QED) is 0.169. The average Bonchev–Trinajstić information content (AvgIpc) is 2.84. The number of benzene rings is 2. The Morgan fingerprint density at radius 1 is 0.971 bits per heavy atom. The molecule has 0 aliphatic heterocycles. The van der Waals surface area contributed by atoms with Crippen LogP contribution in [0.5, 0.6) is 5.75 Å². The zero-order valence-corrected chi connectivity index (χ0v) is 20.1. The molecule has 6 heteroatoms. The van der Waals surface area contributed by atoms with Crippen LogP contribution in [0.3, 0.4) is 0 Å². The van der Waals surface area contributed by atoms with Crippen molar-refractivity contribution in [1.82, 2.24) is 9.97 Å². The van der Waals surface area contributed by atoms with Crippen molar-refractivity contribution in [1.29, 1.82) is 0 Å². The molecule has 3 rings (SSSR count). The van der Waals surface area contributed by atoms with Crippen LogP contribution in [0.2, 0.25) is 0 Å². The van der Waals surface area contributed by atoms with Crippen molar-refractivity contribution in [3.8, 4) is 28.3 Å². The molecule has 0 fully saturated rings. The summed E-state index contributed by atoms with van der Waals surface area (Å²) in [7, 11) is 0. The summed E-state index contributed by atoms with van der Waals surface area (Å²) in [5, 5.41) is 0. The second-order valence-electron chi connectivity index (χ2n) is 8.88. The maximum Gasteiger partial charge on any atom is 0.348 e. The summed E-state index contributed by atoms with van der Waals surface area (Å²) in [4.78, 5) is 21.1. The van der Waals surface area contributed by atoms with Crippen molar-refractivity contribution in [3.63, 3.8) is 0 Å². The molecule has 0 saturated carbocycles. The normalized spacial score (nSPS) is 13.8. The van der Waals surface area contributed by atoms with Gasteiger partial charge in [-0.05, 0) is 62.8 Å². The summed E-state index contributed by atoms with van der Waals surface area (Å²) in [5.41, 5.74) is 1.64. The predicted molar refractivity (Wildman–Crippen MR) is 131 cm³/mol. The monoisotopic (exact) mass is 466 g/mol. The fraction of sp³-hybridized carbons (Fsp3) is 0.393. The minimum absolute atomic E-state index is 0.154. The molecule has 34 heavy (non-hydrogen) atoms. The van der Waals surface area contributed by atoms with E-state index in [1.807, 2.05) is 31.2 Å². The fourth-order valence-electron chi connectivity index (χ4n) is 3.55. The lowest BCUT2D eigenvalue weighted by atomic mass is 10.0. The lowest BCUT2D eigenvalue weighted by Gasteiger charge is -2.18. The van der Waals surface area contributed by atoms with E-state index in [1.54, 1.807) is 43.6 Å². The van der Waals surface area contributed by atoms with E-state index >= 15 is 0 Å². The van der Waals surface area contributed by atoms with Crippen LogP contribution in [0.25, 0.3) is 22.5 Å². The van der Waals surface area contributed by atoms with Gasteiger partial charge in [0.1, 0.15) is 5.75 Å². The third kappa shape index (κ3) is 7.17. The second kappa shape index (κ2) is 11.8. The first-order valence-corrected chi connectivity index (χ1v) is 11.9. The maximum atomic E-state index is 14.6. The number of hydrogen-bond acceptors (Lipinski definition) is 4. The lowest BCUT2D eigenvalue weighted by Crippen LogP contribution is -2.34. The van der Waals surface area contributed by atoms with Crippen LogP contribution in [0.4, 0.5) is 8.78 Å². The standard InChI is InChI=1S/C28H32F2N2O2/c1-4-5-6-17-28(3,30)27(33)34-25-15-13-22(14-16-25)24-18-31-26(32-19-24)23-11-9-21(10-12-23)8-7-20(2)29/h9-16,18-20H,4-8,17H2,1-3H3/t20-,28-/m0/s1. The zero-order valence-electron chi connectivity index (χ0n) is 20.1. The Balaban J connectivity index is 1.61. The number of rotatable bonds is 11. The minimum Gasteiger partial charge on any atom is -0.424 e. The molecular formula is C28H32F2N2O2. The van der Waals surface area contributed by atoms with Gasteiger partial charge in [0.05, 0.1) is 6.17 Å². The van der Waals surface area contributed by atoms with Gasteiger partial charge in [-0.15, -0.1) is 0 Å². The molecule has 0 amide bonds. The van der Waals surface area contributed by atoms with Gasteiger partial charge in [-0.2, -0.15) is 0 Å². The predicted octanol–water partition coefficient (Wildman–Crippen LogP) is 7.32. The van der Waals surface area contributed by atoms with Gasteiger partial charge in [0.25, 0.3) is 0 Å². The summed E-state index contributed by atoms with van der Waals surface area (Å²) in [6, 6.07) is 14.7. The number of esters is 1. The molecule has 0 radical (unpaired) electrons. The number of ether oxygens (including phenoxy) is 1. The Kier molecular flexibility index (Phi) is 8.85. The molecule has 0 unspecified atom stereocenters. The lowest BCUT2D eigenvalue weighted by molar-refractivity contribution is -0.147. The van der Waals surface area contributed by atoms with Gasteiger partial charge in [0.15, 0.2) is 5.82 Å². The number of aromatic nitrogens is 2. The van der Waals surface area contributed by atoms with E-state index in [0.717, 1.165) is 35.1 Å². The fourth-order valence-corrected chi connectivity index (χ4v) is 3.55. The van der Waals surface area contributed by atoms with Crippen molar-refractivity contribution in [2.45, 2.75) is 71.1 Å². The molecule has 0 bridgehead atoms. The maximum absolute atomic E-state index is 14.6. The number of hydrogen-bond donors (Lipinski definition) is 0. The van der Waals surface area contributed by atoms with Crippen LogP contribution in [0.15, 0.2) is 60.9 Å². The summed E-state index contributed by atoms with van der Waals surface area (Å²) < 4.78 is 32.9. The SMILES string of the molecule is CCCCC[C@](C)(F)C(=O)Oc1ccc(-c2cnc(-c3ccc(CC[C@H](C)F)cc3)nc2)cc1. The van der Waals surface area contributed by atoms with E-state index in [0.29, 0.717) is 30.8 Å². The van der Waals surface area contributed by atoms with Gasteiger partial charge in [-0.1, -0.05) is 56.2 Å². The van der Waals surface area contributed by atoms with Crippen LogP contribution in [-0.2, 0) is 11.2 Å². The highest BCUT2D eigenvalue weighted by molar-refractivity contribution is 5.81. The van der Waals surface area contributed by atoms with Gasteiger partial charge >= 0.3 is 5.97 Å². The number of halogens is 2. The third-order valence-corrected chi connectivity index (χ3v) is 5.77. The number of alkyl halides is 2. The number of carbonyl (C=O) groups excluding carboxylic acids is 1. The van der Waals surface area contributed by atoms with Crippen LogP contribution < -0.4 is 4.74 Å². The Hall–Kier alpha value is -3.15. The van der Waals surface area contributed by atoms with Gasteiger partial charge in [-0.25, -0.2) is 23.5 Å². The van der Waals surface area contributed by atoms with E-state index in [9.17, 15) is 13.6 Å². The first kappa shape index (κ1) is 25.5. The van der Waals surface area contributed by atoms with Gasteiger partial charge < -0.3 is 4.74 Å². The van der Waals surface area contributed by atoms with Crippen molar-refractivity contribution in [2.75, 3.05) is 0 Å². The molecule has 3 aromatic rings. The van der Waals surface area contributed by atoms with E-state index in [1.165, 1.54) is 6.92 Å². The molecule has 4 nitrogen and oxygen atoms in total. The number of carbonyl (C=O) groups is 1. The molecule has 0 spiro atoms. The minimum atomic E-state index is -2.00. The summed E-state index contributed by atoms with van der Waals surface area (Å²) in [5.74, 6) is 0.0344. The van der Waals surface area contributed by atoms with Crippen molar-refractivity contribution in [2.24, 2.45) is 0 Å².